The highest BCUT2D eigenvalue weighted by atomic mass is 32.2. The standard InChI is InChI=1S/C25H29N3O6S/c1-17-8-9-18(16-28-23(29)19-5-2-3-6-20(19)24(28)30)15-22(17)35(32,33)27-12-10-26(11-13-27)25(31)21-7-4-14-34-21/h4,7-9,14-15,19-20H,2-3,5-6,10-13,16H2,1H3/t19-,20+. The summed E-state index contributed by atoms with van der Waals surface area (Å²) in [7, 11) is -3.82. The number of furan rings is 1. The number of rotatable bonds is 5. The van der Waals surface area contributed by atoms with Crippen molar-refractivity contribution in [3.8, 4) is 0 Å². The molecule has 3 amide bonds. The van der Waals surface area contributed by atoms with Gasteiger partial charge in [-0.1, -0.05) is 25.0 Å². The Morgan fingerprint density at radius 2 is 1.66 bits per heavy atom. The molecule has 2 saturated heterocycles. The number of imide groups is 1. The molecule has 10 heteroatoms. The van der Waals surface area contributed by atoms with Gasteiger partial charge in [0.15, 0.2) is 5.76 Å². The SMILES string of the molecule is Cc1ccc(CN2C(=O)[C@H]3CCCC[C@H]3C2=O)cc1S(=O)(=O)N1CCN(C(=O)c2ccco2)CC1. The molecule has 35 heavy (non-hydrogen) atoms. The smallest absolute Gasteiger partial charge is 0.289 e. The van der Waals surface area contributed by atoms with Crippen molar-refractivity contribution in [2.75, 3.05) is 26.2 Å². The molecule has 3 fully saturated rings. The predicted octanol–water partition coefficient (Wildman–Crippen LogP) is 2.41. The summed E-state index contributed by atoms with van der Waals surface area (Å²) in [5.74, 6) is -0.763. The third-order valence-electron chi connectivity index (χ3n) is 7.40. The van der Waals surface area contributed by atoms with Gasteiger partial charge in [-0.2, -0.15) is 4.31 Å². The zero-order chi connectivity index (χ0) is 24.7. The second kappa shape index (κ2) is 9.23. The maximum atomic E-state index is 13.5. The number of carbonyl (C=O) groups excluding carboxylic acids is 3. The Labute approximate surface area is 204 Å². The first-order valence-electron chi connectivity index (χ1n) is 12.0. The number of amides is 3. The van der Waals surface area contributed by atoms with Crippen LogP contribution in [-0.4, -0.2) is 66.4 Å². The normalized spacial score (nSPS) is 23.6. The highest BCUT2D eigenvalue weighted by molar-refractivity contribution is 7.89. The third kappa shape index (κ3) is 4.29. The third-order valence-corrected chi connectivity index (χ3v) is 9.44. The first kappa shape index (κ1) is 23.7. The van der Waals surface area contributed by atoms with E-state index in [1.54, 1.807) is 42.2 Å². The number of aryl methyl sites for hydroxylation is 1. The van der Waals surface area contributed by atoms with Crippen molar-refractivity contribution >= 4 is 27.7 Å². The Morgan fingerprint density at radius 1 is 1.00 bits per heavy atom. The van der Waals surface area contributed by atoms with Crippen LogP contribution in [0.25, 0.3) is 0 Å². The molecule has 2 aromatic rings. The van der Waals surface area contributed by atoms with Crippen LogP contribution in [0.1, 0.15) is 47.4 Å². The number of fused-ring (bicyclic) bond motifs is 1. The molecule has 0 unspecified atom stereocenters. The van der Waals surface area contributed by atoms with E-state index in [-0.39, 0.29) is 72.9 Å². The molecule has 1 aromatic carbocycles. The fourth-order valence-electron chi connectivity index (χ4n) is 5.42. The van der Waals surface area contributed by atoms with Crippen molar-refractivity contribution in [3.05, 3.63) is 53.5 Å². The van der Waals surface area contributed by atoms with Crippen LogP contribution in [0.2, 0.25) is 0 Å². The highest BCUT2D eigenvalue weighted by Gasteiger charge is 2.48. The van der Waals surface area contributed by atoms with Gasteiger partial charge in [0.1, 0.15) is 0 Å². The monoisotopic (exact) mass is 499 g/mol. The van der Waals surface area contributed by atoms with E-state index in [2.05, 4.69) is 0 Å². The average Bonchev–Trinajstić information content (AvgIpc) is 3.49. The maximum Gasteiger partial charge on any atom is 0.289 e. The Hall–Kier alpha value is -2.98. The first-order valence-corrected chi connectivity index (χ1v) is 13.5. The minimum absolute atomic E-state index is 0.0822. The Bertz CT molecular complexity index is 1220. The van der Waals surface area contributed by atoms with Crippen molar-refractivity contribution in [2.45, 2.75) is 44.0 Å². The zero-order valence-corrected chi connectivity index (χ0v) is 20.5. The molecule has 186 valence electrons. The molecule has 1 saturated carbocycles. The summed E-state index contributed by atoms with van der Waals surface area (Å²) in [6.45, 7) is 2.68. The van der Waals surface area contributed by atoms with Crippen LogP contribution in [0.4, 0.5) is 0 Å². The first-order chi connectivity index (χ1) is 16.8. The van der Waals surface area contributed by atoms with E-state index in [1.807, 2.05) is 0 Å². The van der Waals surface area contributed by atoms with Crippen molar-refractivity contribution in [1.82, 2.24) is 14.1 Å². The number of benzene rings is 1. The molecule has 0 spiro atoms. The van der Waals surface area contributed by atoms with Crippen LogP contribution in [0.3, 0.4) is 0 Å². The van der Waals surface area contributed by atoms with Crippen molar-refractivity contribution in [1.29, 1.82) is 0 Å². The number of carbonyl (C=O) groups is 3. The number of nitrogens with zero attached hydrogens (tertiary/aromatic N) is 3. The molecular weight excluding hydrogens is 470 g/mol. The quantitative estimate of drug-likeness (QED) is 0.585. The minimum atomic E-state index is -3.82. The molecule has 3 aliphatic rings. The lowest BCUT2D eigenvalue weighted by Crippen LogP contribution is -2.50. The van der Waals surface area contributed by atoms with E-state index in [0.717, 1.165) is 25.7 Å². The maximum absolute atomic E-state index is 13.5. The van der Waals surface area contributed by atoms with Crippen LogP contribution in [-0.2, 0) is 26.2 Å². The topological polar surface area (TPSA) is 108 Å². The van der Waals surface area contributed by atoms with Crippen LogP contribution in [0, 0.1) is 18.8 Å². The number of sulfonamides is 1. The van der Waals surface area contributed by atoms with Gasteiger partial charge in [0, 0.05) is 26.2 Å². The second-order valence-corrected chi connectivity index (χ2v) is 11.4. The van der Waals surface area contributed by atoms with Gasteiger partial charge >= 0.3 is 0 Å². The van der Waals surface area contributed by atoms with Gasteiger partial charge in [0.25, 0.3) is 5.91 Å². The van der Waals surface area contributed by atoms with E-state index in [1.165, 1.54) is 15.5 Å². The molecule has 9 nitrogen and oxygen atoms in total. The van der Waals surface area contributed by atoms with E-state index in [9.17, 15) is 22.8 Å². The van der Waals surface area contributed by atoms with E-state index in [0.29, 0.717) is 11.1 Å². The summed E-state index contributed by atoms with van der Waals surface area (Å²) >= 11 is 0. The minimum Gasteiger partial charge on any atom is -0.459 e. The molecule has 2 atom stereocenters. The summed E-state index contributed by atoms with van der Waals surface area (Å²) in [6, 6.07) is 8.30. The summed E-state index contributed by atoms with van der Waals surface area (Å²) in [4.78, 5) is 41.3. The molecule has 5 rings (SSSR count). The Morgan fingerprint density at radius 3 is 2.26 bits per heavy atom. The lowest BCUT2D eigenvalue weighted by atomic mass is 9.81. The summed E-state index contributed by atoms with van der Waals surface area (Å²) < 4.78 is 33.5. The Balaban J connectivity index is 1.31. The fourth-order valence-corrected chi connectivity index (χ4v) is 7.11. The van der Waals surface area contributed by atoms with E-state index < -0.39 is 10.0 Å². The van der Waals surface area contributed by atoms with Gasteiger partial charge in [-0.15, -0.1) is 0 Å². The Kier molecular flexibility index (Phi) is 6.27. The second-order valence-electron chi connectivity index (χ2n) is 9.53. The van der Waals surface area contributed by atoms with Crippen LogP contribution in [0.15, 0.2) is 45.9 Å². The largest absolute Gasteiger partial charge is 0.459 e. The summed E-state index contributed by atoms with van der Waals surface area (Å²) in [5, 5.41) is 0. The highest BCUT2D eigenvalue weighted by Crippen LogP contribution is 2.38. The van der Waals surface area contributed by atoms with Gasteiger partial charge in [0.2, 0.25) is 21.8 Å². The number of piperazine rings is 1. The van der Waals surface area contributed by atoms with Gasteiger partial charge in [-0.05, 0) is 49.1 Å². The molecular formula is C25H29N3O6S. The van der Waals surface area contributed by atoms with Crippen LogP contribution >= 0.6 is 0 Å². The van der Waals surface area contributed by atoms with Gasteiger partial charge in [-0.25, -0.2) is 8.42 Å². The van der Waals surface area contributed by atoms with Gasteiger partial charge in [-0.3, -0.25) is 19.3 Å². The summed E-state index contributed by atoms with van der Waals surface area (Å²) in [6.07, 6.45) is 4.84. The number of likely N-dealkylation sites (tertiary alicyclic amines) is 1. The van der Waals surface area contributed by atoms with E-state index >= 15 is 0 Å². The van der Waals surface area contributed by atoms with Crippen molar-refractivity contribution < 1.29 is 27.2 Å². The van der Waals surface area contributed by atoms with Crippen LogP contribution in [0.5, 0.6) is 0 Å². The molecule has 3 heterocycles. The number of hydrogen-bond acceptors (Lipinski definition) is 6. The molecule has 1 aliphatic carbocycles. The lowest BCUT2D eigenvalue weighted by molar-refractivity contribution is -0.140. The van der Waals surface area contributed by atoms with Gasteiger partial charge in [0.05, 0.1) is 29.5 Å². The molecule has 1 aromatic heterocycles. The number of hydrogen-bond donors (Lipinski definition) is 0. The molecule has 0 N–H and O–H groups in total. The average molecular weight is 500 g/mol. The van der Waals surface area contributed by atoms with Crippen LogP contribution < -0.4 is 0 Å². The van der Waals surface area contributed by atoms with Crippen molar-refractivity contribution in [3.63, 3.8) is 0 Å². The predicted molar refractivity (Wildman–Crippen MR) is 126 cm³/mol. The van der Waals surface area contributed by atoms with Gasteiger partial charge < -0.3 is 9.32 Å². The summed E-state index contributed by atoms with van der Waals surface area (Å²) in [5.41, 5.74) is 1.21. The zero-order valence-electron chi connectivity index (χ0n) is 19.7. The van der Waals surface area contributed by atoms with Crippen molar-refractivity contribution in [2.24, 2.45) is 11.8 Å². The molecule has 2 aliphatic heterocycles. The molecule has 0 radical (unpaired) electrons. The molecule has 0 bridgehead atoms. The lowest BCUT2D eigenvalue weighted by Gasteiger charge is -2.34. The van der Waals surface area contributed by atoms with E-state index in [4.69, 9.17) is 4.42 Å². The fraction of sp³-hybridized carbons (Fsp3) is 0.480.